The molecule has 1 unspecified atom stereocenters. The molecule has 6 heteroatoms. The molecule has 148 valence electrons. The molecule has 1 atom stereocenters. The van der Waals surface area contributed by atoms with E-state index in [1.807, 2.05) is 0 Å². The van der Waals surface area contributed by atoms with Gasteiger partial charge in [-0.3, -0.25) is 9.59 Å². The summed E-state index contributed by atoms with van der Waals surface area (Å²) in [7, 11) is 0. The van der Waals surface area contributed by atoms with Crippen LogP contribution in [0.1, 0.15) is 49.4 Å². The maximum Gasteiger partial charge on any atom is 0.256 e. The maximum atomic E-state index is 13.8. The van der Waals surface area contributed by atoms with Crippen LogP contribution in [0.15, 0.2) is 24.3 Å². The lowest BCUT2D eigenvalue weighted by atomic mass is 9.84. The van der Waals surface area contributed by atoms with E-state index >= 15 is 0 Å². The van der Waals surface area contributed by atoms with Gasteiger partial charge in [0.05, 0.1) is 5.56 Å². The number of nitrogens with one attached hydrogen (secondary N) is 2. The number of piperidine rings is 2. The van der Waals surface area contributed by atoms with Crippen LogP contribution in [0, 0.1) is 17.7 Å². The van der Waals surface area contributed by atoms with Crippen LogP contribution in [-0.4, -0.2) is 48.9 Å². The van der Waals surface area contributed by atoms with E-state index in [4.69, 9.17) is 0 Å². The summed E-state index contributed by atoms with van der Waals surface area (Å²) in [5.41, 5.74) is 0.121. The number of nitrogens with zero attached hydrogens (tertiary/aromatic N) is 1. The van der Waals surface area contributed by atoms with Crippen molar-refractivity contribution in [3.63, 3.8) is 0 Å². The monoisotopic (exact) mass is 375 g/mol. The molecule has 0 spiro atoms. The molecule has 2 saturated heterocycles. The number of carbonyl (C=O) groups excluding carboxylic acids is 2. The standard InChI is InChI=1S/C21H30FN3O2/c1-15(16-6-10-23-11-7-16)14-20(26)24-17-8-12-25(13-9-17)21(27)18-4-2-3-5-19(18)22/h2-5,15-17,23H,6-14H2,1H3,(H,24,26). The second-order valence-electron chi connectivity index (χ2n) is 7.88. The van der Waals surface area contributed by atoms with Crippen LogP contribution in [-0.2, 0) is 4.79 Å². The van der Waals surface area contributed by atoms with Crippen molar-refractivity contribution in [2.75, 3.05) is 26.2 Å². The van der Waals surface area contributed by atoms with Gasteiger partial charge < -0.3 is 15.5 Å². The number of rotatable bonds is 5. The number of halogens is 1. The van der Waals surface area contributed by atoms with E-state index in [-0.39, 0.29) is 23.4 Å². The molecule has 3 rings (SSSR count). The SMILES string of the molecule is CC(CC(=O)NC1CCN(C(=O)c2ccccc2F)CC1)C1CCNCC1. The zero-order valence-corrected chi connectivity index (χ0v) is 16.0. The van der Waals surface area contributed by atoms with Crippen molar-refractivity contribution in [3.8, 4) is 0 Å². The van der Waals surface area contributed by atoms with Gasteiger partial charge in [-0.2, -0.15) is 0 Å². The van der Waals surface area contributed by atoms with Crippen molar-refractivity contribution < 1.29 is 14.0 Å². The predicted octanol–water partition coefficient (Wildman–Crippen LogP) is 2.57. The summed E-state index contributed by atoms with van der Waals surface area (Å²) < 4.78 is 13.8. The average Bonchev–Trinajstić information content (AvgIpc) is 2.69. The van der Waals surface area contributed by atoms with Crippen molar-refractivity contribution in [1.29, 1.82) is 0 Å². The van der Waals surface area contributed by atoms with E-state index in [1.54, 1.807) is 17.0 Å². The van der Waals surface area contributed by atoms with Gasteiger partial charge in [0.2, 0.25) is 5.91 Å². The smallest absolute Gasteiger partial charge is 0.256 e. The van der Waals surface area contributed by atoms with E-state index in [0.717, 1.165) is 25.9 Å². The summed E-state index contributed by atoms with van der Waals surface area (Å²) in [6, 6.07) is 6.19. The Morgan fingerprint density at radius 2 is 1.85 bits per heavy atom. The molecule has 1 aromatic carbocycles. The first-order valence-electron chi connectivity index (χ1n) is 10.1. The molecular formula is C21H30FN3O2. The fourth-order valence-corrected chi connectivity index (χ4v) is 4.19. The van der Waals surface area contributed by atoms with Crippen molar-refractivity contribution >= 4 is 11.8 Å². The molecule has 1 aromatic rings. The van der Waals surface area contributed by atoms with Crippen molar-refractivity contribution in [1.82, 2.24) is 15.5 Å². The minimum Gasteiger partial charge on any atom is -0.353 e. The normalized spacial score (nSPS) is 20.3. The van der Waals surface area contributed by atoms with Crippen LogP contribution < -0.4 is 10.6 Å². The van der Waals surface area contributed by atoms with Gasteiger partial charge in [0.15, 0.2) is 0 Å². The first-order valence-corrected chi connectivity index (χ1v) is 10.1. The predicted molar refractivity (Wildman–Crippen MR) is 103 cm³/mol. The molecule has 0 aromatic heterocycles. The molecule has 2 aliphatic rings. The second kappa shape index (κ2) is 9.31. The Labute approximate surface area is 160 Å². The van der Waals surface area contributed by atoms with Gasteiger partial charge in [-0.1, -0.05) is 19.1 Å². The lowest BCUT2D eigenvalue weighted by molar-refractivity contribution is -0.123. The van der Waals surface area contributed by atoms with E-state index in [2.05, 4.69) is 17.6 Å². The largest absolute Gasteiger partial charge is 0.353 e. The lowest BCUT2D eigenvalue weighted by Crippen LogP contribution is -2.47. The summed E-state index contributed by atoms with van der Waals surface area (Å²) in [5.74, 6) is 0.384. The van der Waals surface area contributed by atoms with E-state index in [1.165, 1.54) is 12.1 Å². The molecule has 2 fully saturated rings. The second-order valence-corrected chi connectivity index (χ2v) is 7.88. The van der Waals surface area contributed by atoms with Crippen molar-refractivity contribution in [3.05, 3.63) is 35.6 Å². The van der Waals surface area contributed by atoms with Crippen molar-refractivity contribution in [2.45, 2.75) is 45.1 Å². The number of hydrogen-bond acceptors (Lipinski definition) is 3. The summed E-state index contributed by atoms with van der Waals surface area (Å²) in [4.78, 5) is 26.5. The number of amides is 2. The Balaban J connectivity index is 1.43. The molecule has 2 aliphatic heterocycles. The van der Waals surface area contributed by atoms with Gasteiger partial charge in [0.1, 0.15) is 5.82 Å². The van der Waals surface area contributed by atoms with Crippen LogP contribution in [0.4, 0.5) is 4.39 Å². The summed E-state index contributed by atoms with van der Waals surface area (Å²) in [6.07, 6.45) is 4.29. The quantitative estimate of drug-likeness (QED) is 0.832. The van der Waals surface area contributed by atoms with Gasteiger partial charge in [-0.05, 0) is 62.7 Å². The van der Waals surface area contributed by atoms with Gasteiger partial charge in [-0.25, -0.2) is 4.39 Å². The minimum atomic E-state index is -0.482. The first-order chi connectivity index (χ1) is 13.0. The zero-order valence-electron chi connectivity index (χ0n) is 16.0. The Bertz CT molecular complexity index is 653. The molecular weight excluding hydrogens is 345 g/mol. The zero-order chi connectivity index (χ0) is 19.2. The molecule has 0 aliphatic carbocycles. The van der Waals surface area contributed by atoms with E-state index in [0.29, 0.717) is 44.2 Å². The summed E-state index contributed by atoms with van der Waals surface area (Å²) in [5, 5.41) is 6.49. The average molecular weight is 375 g/mol. The van der Waals surface area contributed by atoms with Crippen LogP contribution in [0.3, 0.4) is 0 Å². The third-order valence-electron chi connectivity index (χ3n) is 5.95. The molecule has 0 radical (unpaired) electrons. The third-order valence-corrected chi connectivity index (χ3v) is 5.95. The number of likely N-dealkylation sites (tertiary alicyclic amines) is 1. The summed E-state index contributed by atoms with van der Waals surface area (Å²) in [6.45, 7) is 5.35. The molecule has 27 heavy (non-hydrogen) atoms. The molecule has 2 heterocycles. The molecule has 0 bridgehead atoms. The Morgan fingerprint density at radius 1 is 1.19 bits per heavy atom. The maximum absolute atomic E-state index is 13.8. The molecule has 2 amide bonds. The number of carbonyl (C=O) groups is 2. The summed E-state index contributed by atoms with van der Waals surface area (Å²) >= 11 is 0. The highest BCUT2D eigenvalue weighted by Gasteiger charge is 2.27. The number of benzene rings is 1. The van der Waals surface area contributed by atoms with Gasteiger partial charge >= 0.3 is 0 Å². The van der Waals surface area contributed by atoms with Gasteiger partial charge in [0, 0.05) is 25.6 Å². The van der Waals surface area contributed by atoms with Gasteiger partial charge in [0.25, 0.3) is 5.91 Å². The van der Waals surface area contributed by atoms with Crippen LogP contribution in [0.25, 0.3) is 0 Å². The lowest BCUT2D eigenvalue weighted by Gasteiger charge is -2.33. The van der Waals surface area contributed by atoms with Crippen LogP contribution in [0.2, 0.25) is 0 Å². The van der Waals surface area contributed by atoms with E-state index < -0.39 is 5.82 Å². The van der Waals surface area contributed by atoms with Crippen LogP contribution >= 0.6 is 0 Å². The fourth-order valence-electron chi connectivity index (χ4n) is 4.19. The number of hydrogen-bond donors (Lipinski definition) is 2. The van der Waals surface area contributed by atoms with Gasteiger partial charge in [-0.15, -0.1) is 0 Å². The Morgan fingerprint density at radius 3 is 2.52 bits per heavy atom. The molecule has 2 N–H and O–H groups in total. The highest BCUT2D eigenvalue weighted by Crippen LogP contribution is 2.24. The van der Waals surface area contributed by atoms with Crippen LogP contribution in [0.5, 0.6) is 0 Å². The minimum absolute atomic E-state index is 0.0994. The highest BCUT2D eigenvalue weighted by molar-refractivity contribution is 5.94. The Hall–Kier alpha value is -1.95. The molecule has 5 nitrogen and oxygen atoms in total. The Kier molecular flexibility index (Phi) is 6.83. The molecule has 0 saturated carbocycles. The first kappa shape index (κ1) is 19.8. The van der Waals surface area contributed by atoms with E-state index in [9.17, 15) is 14.0 Å². The fraction of sp³-hybridized carbons (Fsp3) is 0.619. The third kappa shape index (κ3) is 5.28. The highest BCUT2D eigenvalue weighted by atomic mass is 19.1. The van der Waals surface area contributed by atoms with Crippen molar-refractivity contribution in [2.24, 2.45) is 11.8 Å². The topological polar surface area (TPSA) is 61.4 Å².